The molecule has 11 nitrogen and oxygen atoms in total. The second kappa shape index (κ2) is 14.3. The molecule has 2 aromatic heterocycles. The Kier molecular flexibility index (Phi) is 9.25. The molecule has 7 aromatic rings. The van der Waals surface area contributed by atoms with Crippen molar-refractivity contribution in [1.82, 2.24) is 19.5 Å². The van der Waals surface area contributed by atoms with Crippen LogP contribution in [0.4, 0.5) is 35.9 Å². The van der Waals surface area contributed by atoms with E-state index >= 15 is 0 Å². The Morgan fingerprint density at radius 1 is 0.811 bits per heavy atom. The predicted molar refractivity (Wildman–Crippen MR) is 193 cm³/mol. The van der Waals surface area contributed by atoms with E-state index in [1.54, 1.807) is 71.7 Å². The largest absolute Gasteiger partial charge is 0.416 e. The van der Waals surface area contributed by atoms with Gasteiger partial charge in [-0.15, -0.1) is 0 Å². The summed E-state index contributed by atoms with van der Waals surface area (Å²) in [5.41, 5.74) is 2.71. The van der Waals surface area contributed by atoms with Gasteiger partial charge in [0.2, 0.25) is 11.8 Å². The number of anilines is 3. The average molecular weight is 716 g/mol. The third-order valence-electron chi connectivity index (χ3n) is 8.59. The molecular formula is C39H28F3N7O4. The highest BCUT2D eigenvalue weighted by molar-refractivity contribution is 6.21. The van der Waals surface area contributed by atoms with Crippen molar-refractivity contribution >= 4 is 45.3 Å². The molecule has 3 heterocycles. The summed E-state index contributed by atoms with van der Waals surface area (Å²) in [6.45, 7) is -0.00832. The van der Waals surface area contributed by atoms with Crippen molar-refractivity contribution in [3.8, 4) is 22.8 Å². The van der Waals surface area contributed by atoms with E-state index in [1.807, 2.05) is 30.3 Å². The first-order chi connectivity index (χ1) is 25.6. The van der Waals surface area contributed by atoms with Gasteiger partial charge in [-0.1, -0.05) is 48.5 Å². The van der Waals surface area contributed by atoms with Gasteiger partial charge in [-0.05, 0) is 59.5 Å². The first kappa shape index (κ1) is 34.4. The van der Waals surface area contributed by atoms with Gasteiger partial charge in [0, 0.05) is 65.7 Å². The fourth-order valence-electron chi connectivity index (χ4n) is 6.13. The maximum Gasteiger partial charge on any atom is 0.416 e. The minimum absolute atomic E-state index is 0.00832. The number of hydrogen-bond donors (Lipinski definition) is 2. The lowest BCUT2D eigenvalue weighted by Gasteiger charge is -2.23. The number of halogens is 3. The molecule has 264 valence electrons. The van der Waals surface area contributed by atoms with Crippen LogP contribution in [-0.2, 0) is 22.3 Å². The number of hydrogen-bond acceptors (Lipinski definition) is 6. The van der Waals surface area contributed by atoms with Gasteiger partial charge in [0.05, 0.1) is 21.9 Å². The normalized spacial score (nSPS) is 12.8. The summed E-state index contributed by atoms with van der Waals surface area (Å²) in [5.74, 6) is 0.432. The molecule has 1 aliphatic rings. The van der Waals surface area contributed by atoms with E-state index in [9.17, 15) is 32.9 Å². The zero-order valence-corrected chi connectivity index (χ0v) is 27.6. The molecule has 8 rings (SSSR count). The van der Waals surface area contributed by atoms with E-state index in [0.29, 0.717) is 34.3 Å². The van der Waals surface area contributed by atoms with Crippen molar-refractivity contribution in [2.75, 3.05) is 10.2 Å². The van der Waals surface area contributed by atoms with Crippen LogP contribution in [0.3, 0.4) is 0 Å². The molecule has 0 radical (unpaired) electrons. The average Bonchev–Trinajstić information content (AvgIpc) is 3.84. The number of imidazole rings is 2. The highest BCUT2D eigenvalue weighted by atomic mass is 19.4. The monoisotopic (exact) mass is 715 g/mol. The SMILES string of the molecule is O=C1CC(=O)N(c2ccc(-c3nccn3Cc3ccccc3C(F)(F)F)cc2)c2ccc3ccccc3c2N1.O=[N+]([O-])c1ccc(-c2ncc[nH]2)cc1. The predicted octanol–water partition coefficient (Wildman–Crippen LogP) is 8.76. The van der Waals surface area contributed by atoms with Gasteiger partial charge in [-0.25, -0.2) is 9.97 Å². The quantitative estimate of drug-likeness (QED) is 0.100. The summed E-state index contributed by atoms with van der Waals surface area (Å²) >= 11 is 0. The van der Waals surface area contributed by atoms with Gasteiger partial charge < -0.3 is 14.9 Å². The molecule has 0 saturated heterocycles. The smallest absolute Gasteiger partial charge is 0.345 e. The summed E-state index contributed by atoms with van der Waals surface area (Å²) in [6, 6.07) is 30.0. The Hall–Kier alpha value is -7.09. The van der Waals surface area contributed by atoms with Crippen LogP contribution in [-0.4, -0.2) is 36.3 Å². The number of non-ortho nitro benzene ring substituents is 1. The summed E-state index contributed by atoms with van der Waals surface area (Å²) in [5, 5.41) is 15.0. The lowest BCUT2D eigenvalue weighted by Crippen LogP contribution is -2.26. The van der Waals surface area contributed by atoms with Crippen molar-refractivity contribution in [3.05, 3.63) is 155 Å². The summed E-state index contributed by atoms with van der Waals surface area (Å²) in [7, 11) is 0. The third-order valence-corrected chi connectivity index (χ3v) is 8.59. The Bertz CT molecular complexity index is 2440. The van der Waals surface area contributed by atoms with Crippen LogP contribution in [0.25, 0.3) is 33.5 Å². The molecule has 0 saturated carbocycles. The molecule has 0 atom stereocenters. The van der Waals surface area contributed by atoms with Crippen molar-refractivity contribution < 1.29 is 27.7 Å². The second-order valence-electron chi connectivity index (χ2n) is 12.0. The van der Waals surface area contributed by atoms with E-state index in [4.69, 9.17) is 0 Å². The number of aromatic amines is 1. The number of nitro benzene ring substituents is 1. The highest BCUT2D eigenvalue weighted by Crippen LogP contribution is 2.40. The first-order valence-electron chi connectivity index (χ1n) is 16.2. The number of nitro groups is 1. The fraction of sp³-hybridized carbons (Fsp3) is 0.0769. The Morgan fingerprint density at radius 2 is 1.53 bits per heavy atom. The minimum Gasteiger partial charge on any atom is -0.345 e. The Morgan fingerprint density at radius 3 is 2.25 bits per heavy atom. The summed E-state index contributed by atoms with van der Waals surface area (Å²) in [6.07, 6.45) is 1.74. The molecular weight excluding hydrogens is 687 g/mol. The van der Waals surface area contributed by atoms with E-state index in [-0.39, 0.29) is 30.1 Å². The number of fused-ring (bicyclic) bond motifs is 3. The molecule has 14 heteroatoms. The zero-order chi connectivity index (χ0) is 37.1. The molecule has 0 unspecified atom stereocenters. The fourth-order valence-corrected chi connectivity index (χ4v) is 6.13. The van der Waals surface area contributed by atoms with Crippen LogP contribution in [0.15, 0.2) is 134 Å². The van der Waals surface area contributed by atoms with Crippen LogP contribution in [0.5, 0.6) is 0 Å². The van der Waals surface area contributed by atoms with Gasteiger partial charge >= 0.3 is 6.18 Å². The maximum absolute atomic E-state index is 13.5. The van der Waals surface area contributed by atoms with Crippen molar-refractivity contribution in [2.45, 2.75) is 19.1 Å². The van der Waals surface area contributed by atoms with Crippen molar-refractivity contribution in [1.29, 1.82) is 0 Å². The molecule has 5 aromatic carbocycles. The van der Waals surface area contributed by atoms with Gasteiger partial charge in [-0.2, -0.15) is 13.2 Å². The zero-order valence-electron chi connectivity index (χ0n) is 27.6. The molecule has 0 spiro atoms. The molecule has 0 aliphatic carbocycles. The van der Waals surface area contributed by atoms with E-state index in [2.05, 4.69) is 20.3 Å². The summed E-state index contributed by atoms with van der Waals surface area (Å²) in [4.78, 5) is 48.5. The number of nitrogens with one attached hydrogen (secondary N) is 2. The Balaban J connectivity index is 0.000000260. The number of benzene rings is 5. The van der Waals surface area contributed by atoms with Crippen molar-refractivity contribution in [3.63, 3.8) is 0 Å². The number of H-pyrrole nitrogens is 1. The van der Waals surface area contributed by atoms with Gasteiger partial charge in [-0.3, -0.25) is 24.6 Å². The van der Waals surface area contributed by atoms with Gasteiger partial charge in [0.15, 0.2) is 0 Å². The van der Waals surface area contributed by atoms with Crippen LogP contribution in [0, 0.1) is 10.1 Å². The number of amides is 2. The summed E-state index contributed by atoms with van der Waals surface area (Å²) < 4.78 is 42.2. The van der Waals surface area contributed by atoms with Crippen LogP contribution >= 0.6 is 0 Å². The first-order valence-corrected chi connectivity index (χ1v) is 16.2. The van der Waals surface area contributed by atoms with Gasteiger partial charge in [0.25, 0.3) is 5.69 Å². The molecule has 2 amide bonds. The second-order valence-corrected chi connectivity index (χ2v) is 12.0. The van der Waals surface area contributed by atoms with Gasteiger partial charge in [0.1, 0.15) is 18.1 Å². The van der Waals surface area contributed by atoms with Crippen LogP contribution < -0.4 is 10.2 Å². The molecule has 1 aliphatic heterocycles. The standard InChI is InChI=1S/C30H21F3N4O2.C9H7N3O2/c31-30(32,33)24-8-4-2-6-21(24)18-36-16-15-34-29(36)20-9-12-22(13-10-20)37-25-14-11-19-5-1-3-7-23(19)28(25)35-26(38)17-27(37)39;13-12(14)8-3-1-7(2-4-8)9-10-5-6-11-9/h1-16H,17-18H2,(H,35,38);1-6H,(H,10,11). The van der Waals surface area contributed by atoms with E-state index in [0.717, 1.165) is 22.4 Å². The number of rotatable bonds is 6. The molecule has 0 bridgehead atoms. The highest BCUT2D eigenvalue weighted by Gasteiger charge is 2.33. The number of carbonyl (C=O) groups is 2. The number of alkyl halides is 3. The number of carbonyl (C=O) groups excluding carboxylic acids is 2. The third kappa shape index (κ3) is 7.23. The topological polar surface area (TPSA) is 139 Å². The minimum atomic E-state index is -4.46. The van der Waals surface area contributed by atoms with Crippen molar-refractivity contribution in [2.24, 2.45) is 0 Å². The lowest BCUT2D eigenvalue weighted by molar-refractivity contribution is -0.384. The van der Waals surface area contributed by atoms with Crippen LogP contribution in [0.1, 0.15) is 17.5 Å². The molecule has 2 N–H and O–H groups in total. The maximum atomic E-state index is 13.5. The lowest BCUT2D eigenvalue weighted by atomic mass is 10.1. The Labute approximate surface area is 299 Å². The van der Waals surface area contributed by atoms with Crippen LogP contribution in [0.2, 0.25) is 0 Å². The van der Waals surface area contributed by atoms with E-state index in [1.165, 1.54) is 35.4 Å². The molecule has 53 heavy (non-hydrogen) atoms. The number of nitrogens with zero attached hydrogens (tertiary/aromatic N) is 5. The number of aromatic nitrogens is 4. The molecule has 0 fully saturated rings. The van der Waals surface area contributed by atoms with E-state index < -0.39 is 22.6 Å².